The van der Waals surface area contributed by atoms with Gasteiger partial charge in [0.25, 0.3) is 0 Å². The number of fused-ring (bicyclic) bond motifs is 1. The maximum Gasteiger partial charge on any atom is 0.435 e. The molecular weight excluding hydrogens is 285 g/mol. The first kappa shape index (κ1) is 15.6. The molecule has 0 amide bonds. The van der Waals surface area contributed by atoms with Gasteiger partial charge in [-0.3, -0.25) is 0 Å². The van der Waals surface area contributed by atoms with Gasteiger partial charge in [-0.1, -0.05) is 13.8 Å². The van der Waals surface area contributed by atoms with Gasteiger partial charge in [-0.05, 0) is 5.92 Å². The van der Waals surface area contributed by atoms with Crippen molar-refractivity contribution in [3.8, 4) is 0 Å². The van der Waals surface area contributed by atoms with E-state index < -0.39 is 11.9 Å². The molecule has 5 nitrogen and oxygen atoms in total. The largest absolute Gasteiger partial charge is 0.435 e. The fraction of sp³-hybridized carbons (Fsp3) is 0.538. The van der Waals surface area contributed by atoms with Crippen molar-refractivity contribution in [2.75, 3.05) is 19.0 Å². The van der Waals surface area contributed by atoms with Gasteiger partial charge >= 0.3 is 6.18 Å². The van der Waals surface area contributed by atoms with Crippen molar-refractivity contribution in [3.63, 3.8) is 0 Å². The quantitative estimate of drug-likeness (QED) is 0.922. The monoisotopic (exact) mass is 302 g/mol. The molecule has 2 aromatic heterocycles. The van der Waals surface area contributed by atoms with E-state index in [4.69, 9.17) is 4.74 Å². The lowest BCUT2D eigenvalue weighted by Gasteiger charge is -2.22. The van der Waals surface area contributed by atoms with Crippen LogP contribution in [0.5, 0.6) is 0 Å². The van der Waals surface area contributed by atoms with Gasteiger partial charge in [0.05, 0.1) is 12.6 Å². The summed E-state index contributed by atoms with van der Waals surface area (Å²) in [6.45, 7) is 4.42. The van der Waals surface area contributed by atoms with Crippen LogP contribution in [0.2, 0.25) is 0 Å². The molecule has 0 aliphatic heterocycles. The fourth-order valence-electron chi connectivity index (χ4n) is 1.93. The molecule has 2 rings (SSSR count). The summed E-state index contributed by atoms with van der Waals surface area (Å²) in [4.78, 5) is 4.11. The Morgan fingerprint density at radius 1 is 1.38 bits per heavy atom. The molecule has 0 aliphatic carbocycles. The maximum atomic E-state index is 12.7. The number of alkyl halides is 3. The van der Waals surface area contributed by atoms with Crippen molar-refractivity contribution in [1.29, 1.82) is 0 Å². The minimum absolute atomic E-state index is 0.0575. The number of halogens is 3. The number of nitrogens with zero attached hydrogens (tertiary/aromatic N) is 3. The van der Waals surface area contributed by atoms with E-state index in [9.17, 15) is 13.2 Å². The highest BCUT2D eigenvalue weighted by Crippen LogP contribution is 2.30. The third-order valence-electron chi connectivity index (χ3n) is 3.15. The third-order valence-corrected chi connectivity index (χ3v) is 3.15. The minimum atomic E-state index is -4.48. The van der Waals surface area contributed by atoms with E-state index >= 15 is 0 Å². The van der Waals surface area contributed by atoms with Gasteiger partial charge < -0.3 is 10.1 Å². The van der Waals surface area contributed by atoms with Crippen LogP contribution in [0.3, 0.4) is 0 Å². The Morgan fingerprint density at radius 3 is 2.67 bits per heavy atom. The Hall–Kier alpha value is -1.83. The molecule has 0 spiro atoms. The van der Waals surface area contributed by atoms with E-state index in [2.05, 4.69) is 15.4 Å². The number of methoxy groups -OCH3 is 1. The predicted octanol–water partition coefficient (Wildman–Crippen LogP) is 2.83. The second-order valence-electron chi connectivity index (χ2n) is 5.08. The zero-order chi connectivity index (χ0) is 15.6. The average Bonchev–Trinajstić information content (AvgIpc) is 2.83. The van der Waals surface area contributed by atoms with Crippen LogP contribution in [0.15, 0.2) is 18.5 Å². The van der Waals surface area contributed by atoms with Crippen molar-refractivity contribution in [1.82, 2.24) is 14.6 Å². The first-order valence-corrected chi connectivity index (χ1v) is 6.50. The Labute approximate surface area is 120 Å². The first-order valence-electron chi connectivity index (χ1n) is 6.50. The summed E-state index contributed by atoms with van der Waals surface area (Å²) in [5, 5.41) is 6.65. The molecule has 0 bridgehead atoms. The average molecular weight is 302 g/mol. The summed E-state index contributed by atoms with van der Waals surface area (Å²) in [7, 11) is 1.58. The molecule has 0 fully saturated rings. The normalized spacial score (nSPS) is 13.9. The molecule has 0 saturated heterocycles. The Morgan fingerprint density at radius 2 is 2.10 bits per heavy atom. The van der Waals surface area contributed by atoms with Gasteiger partial charge in [0.1, 0.15) is 5.52 Å². The predicted molar refractivity (Wildman–Crippen MR) is 72.1 cm³/mol. The number of aromatic nitrogens is 3. The molecule has 2 aromatic rings. The second kappa shape index (κ2) is 5.88. The lowest BCUT2D eigenvalue weighted by atomic mass is 10.1. The molecule has 0 aromatic carbocycles. The van der Waals surface area contributed by atoms with Crippen LogP contribution >= 0.6 is 0 Å². The number of hydrogen-bond donors (Lipinski definition) is 1. The highest BCUT2D eigenvalue weighted by molar-refractivity contribution is 5.68. The van der Waals surface area contributed by atoms with Crippen molar-refractivity contribution in [2.24, 2.45) is 5.92 Å². The summed E-state index contributed by atoms with van der Waals surface area (Å²) in [6.07, 6.45) is -1.68. The Bertz CT molecular complexity index is 609. The van der Waals surface area contributed by atoms with Gasteiger partial charge in [-0.25, -0.2) is 9.50 Å². The lowest BCUT2D eigenvalue weighted by Crippen LogP contribution is -2.31. The molecule has 1 atom stereocenters. The van der Waals surface area contributed by atoms with E-state index in [0.717, 1.165) is 6.07 Å². The number of hydrogen-bond acceptors (Lipinski definition) is 4. The van der Waals surface area contributed by atoms with Gasteiger partial charge in [0.15, 0.2) is 11.5 Å². The third kappa shape index (κ3) is 3.44. The van der Waals surface area contributed by atoms with Crippen LogP contribution in [0.1, 0.15) is 19.5 Å². The molecule has 0 radical (unpaired) electrons. The molecule has 0 aliphatic rings. The number of nitrogens with one attached hydrogen (secondary N) is 1. The minimum Gasteiger partial charge on any atom is -0.383 e. The second-order valence-corrected chi connectivity index (χ2v) is 5.08. The van der Waals surface area contributed by atoms with E-state index in [1.807, 2.05) is 13.8 Å². The molecule has 21 heavy (non-hydrogen) atoms. The number of anilines is 1. The molecule has 116 valence electrons. The molecular formula is C13H17F3N4O. The smallest absolute Gasteiger partial charge is 0.383 e. The van der Waals surface area contributed by atoms with Gasteiger partial charge in [0.2, 0.25) is 0 Å². The van der Waals surface area contributed by atoms with Gasteiger partial charge in [-0.2, -0.15) is 18.3 Å². The van der Waals surface area contributed by atoms with Gasteiger partial charge in [-0.15, -0.1) is 0 Å². The van der Waals surface area contributed by atoms with Crippen LogP contribution in [0.4, 0.5) is 19.0 Å². The van der Waals surface area contributed by atoms with E-state index in [0.29, 0.717) is 12.4 Å². The Kier molecular flexibility index (Phi) is 4.36. The lowest BCUT2D eigenvalue weighted by molar-refractivity contribution is -0.141. The van der Waals surface area contributed by atoms with Crippen molar-refractivity contribution >= 4 is 11.3 Å². The van der Waals surface area contributed by atoms with Crippen molar-refractivity contribution < 1.29 is 17.9 Å². The van der Waals surface area contributed by atoms with Crippen LogP contribution in [0.25, 0.3) is 5.52 Å². The molecule has 1 N–H and O–H groups in total. The van der Waals surface area contributed by atoms with Crippen LogP contribution in [-0.2, 0) is 10.9 Å². The van der Waals surface area contributed by atoms with Crippen molar-refractivity contribution in [3.05, 3.63) is 24.2 Å². The zero-order valence-corrected chi connectivity index (χ0v) is 12.0. The molecule has 8 heteroatoms. The van der Waals surface area contributed by atoms with Crippen LogP contribution < -0.4 is 5.32 Å². The highest BCUT2D eigenvalue weighted by Gasteiger charge is 2.34. The number of rotatable bonds is 5. The van der Waals surface area contributed by atoms with E-state index in [1.165, 1.54) is 16.9 Å². The molecule has 2 heterocycles. The van der Waals surface area contributed by atoms with E-state index in [1.54, 1.807) is 7.11 Å². The summed E-state index contributed by atoms with van der Waals surface area (Å²) in [5.74, 6) is 0.591. The van der Waals surface area contributed by atoms with Gasteiger partial charge in [0, 0.05) is 25.6 Å². The van der Waals surface area contributed by atoms with E-state index in [-0.39, 0.29) is 17.5 Å². The summed E-state index contributed by atoms with van der Waals surface area (Å²) >= 11 is 0. The number of ether oxygens (including phenoxy) is 1. The summed E-state index contributed by atoms with van der Waals surface area (Å²) in [5.41, 5.74) is -0.655. The molecule has 0 saturated carbocycles. The first-order chi connectivity index (χ1) is 9.82. The topological polar surface area (TPSA) is 51.5 Å². The SMILES string of the molecule is COCC(Nc1nccn2nc(C(F)(F)F)cc12)C(C)C. The highest BCUT2D eigenvalue weighted by atomic mass is 19.4. The zero-order valence-electron chi connectivity index (χ0n) is 12.0. The maximum absolute atomic E-state index is 12.7. The summed E-state index contributed by atoms with van der Waals surface area (Å²) in [6, 6.07) is 0.928. The van der Waals surface area contributed by atoms with Crippen molar-refractivity contribution in [2.45, 2.75) is 26.1 Å². The van der Waals surface area contributed by atoms with Crippen LogP contribution in [-0.4, -0.2) is 34.4 Å². The summed E-state index contributed by atoms with van der Waals surface area (Å²) < 4.78 is 44.5. The Balaban J connectivity index is 2.37. The molecule has 1 unspecified atom stereocenters. The fourth-order valence-corrected chi connectivity index (χ4v) is 1.93. The van der Waals surface area contributed by atoms with Crippen LogP contribution in [0, 0.1) is 5.92 Å². The standard InChI is InChI=1S/C13H17F3N4O/c1-8(2)9(7-21-3)18-12-10-6-11(13(14,15)16)19-20(10)5-4-17-12/h4-6,8-9H,7H2,1-3H3,(H,17,18).